The summed E-state index contributed by atoms with van der Waals surface area (Å²) in [4.78, 5) is 0. The average molecular weight is 295 g/mol. The van der Waals surface area contributed by atoms with Crippen LogP contribution in [0.4, 0.5) is 0 Å². The third-order valence-corrected chi connectivity index (χ3v) is 4.01. The number of benzene rings is 1. The summed E-state index contributed by atoms with van der Waals surface area (Å²) in [6, 6.07) is 3.77. The lowest BCUT2D eigenvalue weighted by Crippen LogP contribution is -2.30. The zero-order chi connectivity index (χ0) is 15.4. The second-order valence-corrected chi connectivity index (χ2v) is 5.27. The molecule has 21 heavy (non-hydrogen) atoms. The summed E-state index contributed by atoms with van der Waals surface area (Å²) in [5.41, 5.74) is 0.974. The molecule has 0 aromatic heterocycles. The smallest absolute Gasteiger partial charge is 0.131 e. The molecular weight excluding hydrogens is 270 g/mol. The summed E-state index contributed by atoms with van der Waals surface area (Å²) in [6.45, 7) is 2.11. The lowest BCUT2D eigenvalue weighted by molar-refractivity contribution is 0.0322. The Morgan fingerprint density at radius 2 is 1.71 bits per heavy atom. The van der Waals surface area contributed by atoms with Gasteiger partial charge in [0.1, 0.15) is 17.2 Å². The van der Waals surface area contributed by atoms with Crippen molar-refractivity contribution in [3.8, 4) is 17.2 Å². The molecule has 0 amide bonds. The second kappa shape index (κ2) is 7.00. The van der Waals surface area contributed by atoms with Crippen molar-refractivity contribution in [3.05, 3.63) is 17.7 Å². The minimum absolute atomic E-state index is 0.0192. The fraction of sp³-hybridized carbons (Fsp3) is 0.625. The molecule has 3 unspecified atom stereocenters. The van der Waals surface area contributed by atoms with Crippen LogP contribution in [0.3, 0.4) is 0 Å². The van der Waals surface area contributed by atoms with Crippen molar-refractivity contribution in [1.29, 1.82) is 0 Å². The van der Waals surface area contributed by atoms with Crippen LogP contribution in [0.25, 0.3) is 0 Å². The van der Waals surface area contributed by atoms with Gasteiger partial charge in [-0.25, -0.2) is 0 Å². The van der Waals surface area contributed by atoms with Crippen LogP contribution in [0.5, 0.6) is 17.2 Å². The van der Waals surface area contributed by atoms with Gasteiger partial charge in [0.15, 0.2) is 0 Å². The van der Waals surface area contributed by atoms with Gasteiger partial charge in [-0.2, -0.15) is 0 Å². The molecule has 118 valence electrons. The second-order valence-electron chi connectivity index (χ2n) is 5.27. The number of methoxy groups -OCH3 is 3. The summed E-state index contributed by atoms with van der Waals surface area (Å²) in [7, 11) is 6.87. The Morgan fingerprint density at radius 1 is 1.10 bits per heavy atom. The fourth-order valence-corrected chi connectivity index (χ4v) is 2.93. The van der Waals surface area contributed by atoms with Gasteiger partial charge in [-0.3, -0.25) is 0 Å². The molecule has 0 aliphatic carbocycles. The van der Waals surface area contributed by atoms with Gasteiger partial charge in [0.05, 0.1) is 45.1 Å². The quantitative estimate of drug-likeness (QED) is 0.874. The Kier molecular flexibility index (Phi) is 5.31. The van der Waals surface area contributed by atoms with E-state index in [1.54, 1.807) is 21.3 Å². The largest absolute Gasteiger partial charge is 0.496 e. The van der Waals surface area contributed by atoms with Crippen molar-refractivity contribution in [2.24, 2.45) is 0 Å². The first-order chi connectivity index (χ1) is 10.1. The van der Waals surface area contributed by atoms with Crippen LogP contribution in [-0.4, -0.2) is 40.6 Å². The molecule has 0 spiro atoms. The van der Waals surface area contributed by atoms with Crippen molar-refractivity contribution < 1.29 is 18.9 Å². The number of rotatable bonds is 6. The highest BCUT2D eigenvalue weighted by atomic mass is 16.5. The SMILES string of the molecule is CNC(c1c(OC)cc(OC)cc1OC)C1CCC(C)O1. The predicted molar refractivity (Wildman–Crippen MR) is 81.5 cm³/mol. The standard InChI is InChI=1S/C16H25NO4/c1-10-6-7-12(21-10)16(17-2)15-13(19-4)8-11(18-3)9-14(15)20-5/h8-10,12,16-17H,6-7H2,1-5H3. The minimum atomic E-state index is 0.0192. The average Bonchev–Trinajstić information content (AvgIpc) is 2.94. The number of ether oxygens (including phenoxy) is 4. The fourth-order valence-electron chi connectivity index (χ4n) is 2.93. The first-order valence-electron chi connectivity index (χ1n) is 7.27. The van der Waals surface area contributed by atoms with E-state index in [0.29, 0.717) is 11.9 Å². The van der Waals surface area contributed by atoms with Crippen molar-refractivity contribution >= 4 is 0 Å². The first kappa shape index (κ1) is 15.9. The Hall–Kier alpha value is -1.46. The molecule has 1 saturated heterocycles. The maximum absolute atomic E-state index is 6.02. The molecule has 0 saturated carbocycles. The van der Waals surface area contributed by atoms with Crippen LogP contribution in [0.1, 0.15) is 31.4 Å². The maximum Gasteiger partial charge on any atom is 0.131 e. The molecule has 1 aromatic rings. The van der Waals surface area contributed by atoms with Gasteiger partial charge >= 0.3 is 0 Å². The zero-order valence-corrected chi connectivity index (χ0v) is 13.4. The van der Waals surface area contributed by atoms with Crippen LogP contribution < -0.4 is 19.5 Å². The van der Waals surface area contributed by atoms with E-state index in [2.05, 4.69) is 12.2 Å². The summed E-state index contributed by atoms with van der Waals surface area (Å²) >= 11 is 0. The van der Waals surface area contributed by atoms with Crippen LogP contribution in [-0.2, 0) is 4.74 Å². The van der Waals surface area contributed by atoms with E-state index in [0.717, 1.165) is 29.9 Å². The van der Waals surface area contributed by atoms with Gasteiger partial charge in [-0.15, -0.1) is 0 Å². The van der Waals surface area contributed by atoms with Crippen LogP contribution >= 0.6 is 0 Å². The van der Waals surface area contributed by atoms with Gasteiger partial charge in [0.25, 0.3) is 0 Å². The van der Waals surface area contributed by atoms with Crippen molar-refractivity contribution in [1.82, 2.24) is 5.32 Å². The zero-order valence-electron chi connectivity index (χ0n) is 13.4. The molecule has 1 fully saturated rings. The summed E-state index contributed by atoms with van der Waals surface area (Å²) in [6.07, 6.45) is 2.50. The molecule has 1 aliphatic rings. The van der Waals surface area contributed by atoms with E-state index in [-0.39, 0.29) is 12.1 Å². The third kappa shape index (κ3) is 3.24. The van der Waals surface area contributed by atoms with Crippen LogP contribution in [0.15, 0.2) is 12.1 Å². The Labute approximate surface area is 126 Å². The van der Waals surface area contributed by atoms with E-state index in [1.807, 2.05) is 19.2 Å². The number of hydrogen-bond acceptors (Lipinski definition) is 5. The van der Waals surface area contributed by atoms with E-state index in [1.165, 1.54) is 0 Å². The molecular formula is C16H25NO4. The Bertz CT molecular complexity index is 452. The maximum atomic E-state index is 6.02. The Balaban J connectivity index is 2.43. The normalized spacial score (nSPS) is 22.9. The highest BCUT2D eigenvalue weighted by molar-refractivity contribution is 5.52. The predicted octanol–water partition coefficient (Wildman–Crippen LogP) is 2.54. The van der Waals surface area contributed by atoms with Crippen molar-refractivity contribution in [2.45, 2.75) is 38.0 Å². The van der Waals surface area contributed by atoms with Gasteiger partial charge in [-0.05, 0) is 26.8 Å². The molecule has 5 nitrogen and oxygen atoms in total. The molecule has 5 heteroatoms. The lowest BCUT2D eigenvalue weighted by Gasteiger charge is -2.27. The summed E-state index contributed by atoms with van der Waals surface area (Å²) < 4.78 is 22.4. The summed E-state index contributed by atoms with van der Waals surface area (Å²) in [5, 5.41) is 3.34. The van der Waals surface area contributed by atoms with Crippen LogP contribution in [0, 0.1) is 0 Å². The first-order valence-corrected chi connectivity index (χ1v) is 7.27. The minimum Gasteiger partial charge on any atom is -0.496 e. The summed E-state index contributed by atoms with van der Waals surface area (Å²) in [5.74, 6) is 2.20. The Morgan fingerprint density at radius 3 is 2.10 bits per heavy atom. The van der Waals surface area contributed by atoms with E-state index in [9.17, 15) is 0 Å². The van der Waals surface area contributed by atoms with E-state index in [4.69, 9.17) is 18.9 Å². The van der Waals surface area contributed by atoms with Gasteiger partial charge < -0.3 is 24.3 Å². The van der Waals surface area contributed by atoms with Gasteiger partial charge in [0.2, 0.25) is 0 Å². The lowest BCUT2D eigenvalue weighted by atomic mass is 9.97. The van der Waals surface area contributed by atoms with Crippen molar-refractivity contribution in [2.75, 3.05) is 28.4 Å². The number of hydrogen-bond donors (Lipinski definition) is 1. The van der Waals surface area contributed by atoms with E-state index < -0.39 is 0 Å². The molecule has 1 aromatic carbocycles. The number of nitrogens with one attached hydrogen (secondary N) is 1. The van der Waals surface area contributed by atoms with E-state index >= 15 is 0 Å². The highest BCUT2D eigenvalue weighted by Crippen LogP contribution is 2.42. The monoisotopic (exact) mass is 295 g/mol. The molecule has 1 aliphatic heterocycles. The highest BCUT2D eigenvalue weighted by Gasteiger charge is 2.33. The topological polar surface area (TPSA) is 49.0 Å². The number of likely N-dealkylation sites (N-methyl/N-ethyl adjacent to an activating group) is 1. The molecule has 3 atom stereocenters. The molecule has 1 heterocycles. The molecule has 0 radical (unpaired) electrons. The van der Waals surface area contributed by atoms with Gasteiger partial charge in [0, 0.05) is 12.1 Å². The molecule has 1 N–H and O–H groups in total. The van der Waals surface area contributed by atoms with Gasteiger partial charge in [-0.1, -0.05) is 0 Å². The molecule has 0 bridgehead atoms. The third-order valence-electron chi connectivity index (χ3n) is 4.01. The van der Waals surface area contributed by atoms with Crippen LogP contribution in [0.2, 0.25) is 0 Å². The molecule has 2 rings (SSSR count). The van der Waals surface area contributed by atoms with Crippen molar-refractivity contribution in [3.63, 3.8) is 0 Å².